The van der Waals surface area contributed by atoms with Crippen molar-refractivity contribution in [2.24, 2.45) is 5.92 Å². The van der Waals surface area contributed by atoms with Crippen LogP contribution in [0.5, 0.6) is 0 Å². The van der Waals surface area contributed by atoms with Crippen LogP contribution in [0.25, 0.3) is 11.4 Å². The van der Waals surface area contributed by atoms with Gasteiger partial charge in [-0.25, -0.2) is 4.68 Å². The summed E-state index contributed by atoms with van der Waals surface area (Å²) < 4.78 is 1.94. The number of nitrogens with two attached hydrogens (primary N) is 1. The normalized spacial score (nSPS) is 15.9. The molecule has 5 nitrogen and oxygen atoms in total. The second-order valence-corrected chi connectivity index (χ2v) is 5.46. The number of aromatic nitrogens is 4. The Morgan fingerprint density at radius 1 is 1.22 bits per heavy atom. The van der Waals surface area contributed by atoms with Crippen LogP contribution in [0.3, 0.4) is 0 Å². The SMILES string of the molecule is CC(C)(C1CC1)n1nnnc1-c1ccc(N)cc1. The van der Waals surface area contributed by atoms with Crippen LogP contribution in [0.15, 0.2) is 24.3 Å². The Hall–Kier alpha value is -1.91. The Morgan fingerprint density at radius 2 is 1.89 bits per heavy atom. The molecule has 0 radical (unpaired) electrons. The highest BCUT2D eigenvalue weighted by molar-refractivity contribution is 5.58. The lowest BCUT2D eigenvalue weighted by molar-refractivity contribution is 0.271. The van der Waals surface area contributed by atoms with Crippen LogP contribution in [0.4, 0.5) is 5.69 Å². The van der Waals surface area contributed by atoms with Gasteiger partial charge in [-0.3, -0.25) is 0 Å². The third-order valence-electron chi connectivity index (χ3n) is 3.76. The fourth-order valence-corrected chi connectivity index (χ4v) is 2.35. The summed E-state index contributed by atoms with van der Waals surface area (Å²) in [5.74, 6) is 1.49. The maximum Gasteiger partial charge on any atom is 0.182 e. The second kappa shape index (κ2) is 3.80. The molecule has 0 bridgehead atoms. The summed E-state index contributed by atoms with van der Waals surface area (Å²) in [7, 11) is 0. The van der Waals surface area contributed by atoms with Crippen molar-refractivity contribution in [1.82, 2.24) is 20.2 Å². The third-order valence-corrected chi connectivity index (χ3v) is 3.76. The lowest BCUT2D eigenvalue weighted by Crippen LogP contribution is -2.30. The molecule has 5 heteroatoms. The summed E-state index contributed by atoms with van der Waals surface area (Å²) in [6.45, 7) is 4.39. The fourth-order valence-electron chi connectivity index (χ4n) is 2.35. The van der Waals surface area contributed by atoms with E-state index in [0.717, 1.165) is 17.1 Å². The van der Waals surface area contributed by atoms with Crippen molar-refractivity contribution in [2.75, 3.05) is 5.73 Å². The van der Waals surface area contributed by atoms with Gasteiger partial charge in [-0.15, -0.1) is 5.10 Å². The third kappa shape index (κ3) is 1.75. The Labute approximate surface area is 106 Å². The average molecular weight is 243 g/mol. The minimum Gasteiger partial charge on any atom is -0.399 e. The highest BCUT2D eigenvalue weighted by Crippen LogP contribution is 2.44. The summed E-state index contributed by atoms with van der Waals surface area (Å²) in [4.78, 5) is 0. The molecule has 1 aliphatic rings. The second-order valence-electron chi connectivity index (χ2n) is 5.46. The predicted octanol–water partition coefficient (Wildman–Crippen LogP) is 2.07. The van der Waals surface area contributed by atoms with Crippen molar-refractivity contribution in [3.05, 3.63) is 24.3 Å². The molecule has 1 aromatic carbocycles. The number of hydrogen-bond acceptors (Lipinski definition) is 4. The molecule has 1 heterocycles. The highest BCUT2D eigenvalue weighted by Gasteiger charge is 2.41. The van der Waals surface area contributed by atoms with Gasteiger partial charge in [-0.2, -0.15) is 0 Å². The Bertz CT molecular complexity index is 551. The molecule has 1 aromatic heterocycles. The van der Waals surface area contributed by atoms with Crippen LogP contribution in [0, 0.1) is 5.92 Å². The van der Waals surface area contributed by atoms with Crippen LogP contribution < -0.4 is 5.73 Å². The summed E-state index contributed by atoms with van der Waals surface area (Å²) in [6.07, 6.45) is 2.52. The number of nitrogens with zero attached hydrogens (tertiary/aromatic N) is 4. The number of benzene rings is 1. The average Bonchev–Trinajstić information content (AvgIpc) is 3.09. The van der Waals surface area contributed by atoms with E-state index in [1.807, 2.05) is 28.9 Å². The molecule has 3 rings (SSSR count). The van der Waals surface area contributed by atoms with Crippen molar-refractivity contribution in [3.63, 3.8) is 0 Å². The van der Waals surface area contributed by atoms with Crippen molar-refractivity contribution in [3.8, 4) is 11.4 Å². The summed E-state index contributed by atoms with van der Waals surface area (Å²) in [6, 6.07) is 7.66. The van der Waals surface area contributed by atoms with E-state index < -0.39 is 0 Å². The lowest BCUT2D eigenvalue weighted by atomic mass is 9.98. The molecule has 1 aliphatic carbocycles. The zero-order valence-corrected chi connectivity index (χ0v) is 10.7. The molecule has 2 aromatic rings. The fraction of sp³-hybridized carbons (Fsp3) is 0.462. The Balaban J connectivity index is 2.03. The molecule has 94 valence electrons. The van der Waals surface area contributed by atoms with Crippen LogP contribution in [-0.4, -0.2) is 20.2 Å². The van der Waals surface area contributed by atoms with Crippen LogP contribution in [-0.2, 0) is 5.54 Å². The molecular formula is C13H17N5. The number of nitrogen functional groups attached to an aromatic ring is 1. The van der Waals surface area contributed by atoms with Gasteiger partial charge in [0.05, 0.1) is 5.54 Å². The minimum atomic E-state index is -0.0276. The smallest absolute Gasteiger partial charge is 0.182 e. The quantitative estimate of drug-likeness (QED) is 0.838. The number of rotatable bonds is 3. The Kier molecular flexibility index (Phi) is 2.36. The number of anilines is 1. The Morgan fingerprint density at radius 3 is 2.50 bits per heavy atom. The molecule has 0 spiro atoms. The van der Waals surface area contributed by atoms with Crippen molar-refractivity contribution >= 4 is 5.69 Å². The van der Waals surface area contributed by atoms with Crippen molar-refractivity contribution in [2.45, 2.75) is 32.2 Å². The van der Waals surface area contributed by atoms with E-state index in [9.17, 15) is 0 Å². The van der Waals surface area contributed by atoms with Crippen LogP contribution >= 0.6 is 0 Å². The maximum atomic E-state index is 5.70. The molecule has 0 aliphatic heterocycles. The van der Waals surface area contributed by atoms with E-state index in [-0.39, 0.29) is 5.54 Å². The first-order valence-corrected chi connectivity index (χ1v) is 6.24. The summed E-state index contributed by atoms with van der Waals surface area (Å²) in [5, 5.41) is 12.2. The summed E-state index contributed by atoms with van der Waals surface area (Å²) >= 11 is 0. The van der Waals surface area contributed by atoms with Crippen molar-refractivity contribution < 1.29 is 0 Å². The molecule has 1 fully saturated rings. The monoisotopic (exact) mass is 243 g/mol. The topological polar surface area (TPSA) is 69.6 Å². The molecular weight excluding hydrogens is 226 g/mol. The van der Waals surface area contributed by atoms with Gasteiger partial charge in [0.2, 0.25) is 0 Å². The van der Waals surface area contributed by atoms with Gasteiger partial charge >= 0.3 is 0 Å². The van der Waals surface area contributed by atoms with E-state index in [4.69, 9.17) is 5.73 Å². The highest BCUT2D eigenvalue weighted by atomic mass is 15.6. The van der Waals surface area contributed by atoms with Gasteiger partial charge in [0.1, 0.15) is 0 Å². The van der Waals surface area contributed by atoms with Crippen LogP contribution in [0.1, 0.15) is 26.7 Å². The molecule has 0 unspecified atom stereocenters. The van der Waals surface area contributed by atoms with E-state index in [2.05, 4.69) is 29.4 Å². The van der Waals surface area contributed by atoms with Gasteiger partial charge < -0.3 is 5.73 Å². The van der Waals surface area contributed by atoms with Gasteiger partial charge in [-0.05, 0) is 67.3 Å². The first-order chi connectivity index (χ1) is 8.59. The van der Waals surface area contributed by atoms with E-state index in [0.29, 0.717) is 5.92 Å². The molecule has 18 heavy (non-hydrogen) atoms. The first kappa shape index (κ1) is 11.2. The van der Waals surface area contributed by atoms with Crippen LogP contribution in [0.2, 0.25) is 0 Å². The number of tetrazole rings is 1. The van der Waals surface area contributed by atoms with E-state index in [1.165, 1.54) is 12.8 Å². The maximum absolute atomic E-state index is 5.70. The number of hydrogen-bond donors (Lipinski definition) is 1. The standard InChI is InChI=1S/C13H17N5/c1-13(2,10-5-6-10)18-12(15-16-17-18)9-3-7-11(14)8-4-9/h3-4,7-8,10H,5-6,14H2,1-2H3. The molecule has 2 N–H and O–H groups in total. The predicted molar refractivity (Wildman–Crippen MR) is 69.7 cm³/mol. The first-order valence-electron chi connectivity index (χ1n) is 6.24. The van der Waals surface area contributed by atoms with E-state index >= 15 is 0 Å². The molecule has 0 amide bonds. The molecule has 0 saturated heterocycles. The summed E-state index contributed by atoms with van der Waals surface area (Å²) in [5.41, 5.74) is 7.43. The zero-order valence-electron chi connectivity index (χ0n) is 10.7. The van der Waals surface area contributed by atoms with Gasteiger partial charge in [-0.1, -0.05) is 0 Å². The van der Waals surface area contributed by atoms with E-state index in [1.54, 1.807) is 0 Å². The van der Waals surface area contributed by atoms with Crippen molar-refractivity contribution in [1.29, 1.82) is 0 Å². The molecule has 0 atom stereocenters. The largest absolute Gasteiger partial charge is 0.399 e. The molecule has 1 saturated carbocycles. The lowest BCUT2D eigenvalue weighted by Gasteiger charge is -2.25. The van der Waals surface area contributed by atoms with Gasteiger partial charge in [0.25, 0.3) is 0 Å². The van der Waals surface area contributed by atoms with Gasteiger partial charge in [0, 0.05) is 11.3 Å². The zero-order chi connectivity index (χ0) is 12.8. The van der Waals surface area contributed by atoms with Gasteiger partial charge in [0.15, 0.2) is 5.82 Å². The minimum absolute atomic E-state index is 0.0276.